The van der Waals surface area contributed by atoms with Gasteiger partial charge in [0.15, 0.2) is 5.78 Å². The molecule has 0 aliphatic heterocycles. The Morgan fingerprint density at radius 2 is 1.77 bits per heavy atom. The molecule has 0 amide bonds. The van der Waals surface area contributed by atoms with Crippen molar-refractivity contribution in [3.63, 3.8) is 0 Å². The highest BCUT2D eigenvalue weighted by atomic mass is 16.4. The zero-order valence-corrected chi connectivity index (χ0v) is 14.1. The van der Waals surface area contributed by atoms with E-state index in [0.29, 0.717) is 24.1 Å². The monoisotopic (exact) mass is 345 g/mol. The van der Waals surface area contributed by atoms with Gasteiger partial charge in [0.05, 0.1) is 12.5 Å². The van der Waals surface area contributed by atoms with Crippen LogP contribution in [0.15, 0.2) is 60.8 Å². The topological polar surface area (TPSA) is 85.9 Å². The number of nitrogens with zero attached hydrogens (tertiary/aromatic N) is 2. The number of hydrogen-bond donors (Lipinski definition) is 0. The van der Waals surface area contributed by atoms with E-state index in [-0.39, 0.29) is 12.2 Å². The lowest BCUT2D eigenvalue weighted by Gasteiger charge is -2.17. The summed E-state index contributed by atoms with van der Waals surface area (Å²) >= 11 is 0. The predicted molar refractivity (Wildman–Crippen MR) is 95.3 cm³/mol. The Bertz CT molecular complexity index is 983. The number of hydrogen-bond acceptors (Lipinski definition) is 4. The number of fused-ring (bicyclic) bond motifs is 1. The number of carboxylic acid groups (broad SMARTS) is 1. The maximum Gasteiger partial charge on any atom is 0.163 e. The van der Waals surface area contributed by atoms with Crippen LogP contribution < -0.4 is 5.11 Å². The first-order chi connectivity index (χ1) is 12.6. The third kappa shape index (κ3) is 3.50. The minimum atomic E-state index is -1.28. The first-order valence-corrected chi connectivity index (χ1v) is 8.35. The second-order valence-corrected chi connectivity index (χ2v) is 6.07. The van der Waals surface area contributed by atoms with Gasteiger partial charge in [0.25, 0.3) is 0 Å². The second-order valence-electron chi connectivity index (χ2n) is 6.07. The third-order valence-electron chi connectivity index (χ3n) is 4.43. The Morgan fingerprint density at radius 3 is 2.46 bits per heavy atom. The van der Waals surface area contributed by atoms with Crippen LogP contribution in [0.4, 0.5) is 0 Å². The summed E-state index contributed by atoms with van der Waals surface area (Å²) in [6.07, 6.45) is 1.87. The molecule has 5 heteroatoms. The molecule has 0 saturated carbocycles. The highest BCUT2D eigenvalue weighted by Crippen LogP contribution is 2.31. The molecular weight excluding hydrogens is 328 g/mol. The first kappa shape index (κ1) is 17.4. The summed E-state index contributed by atoms with van der Waals surface area (Å²) in [5.41, 5.74) is 1.87. The van der Waals surface area contributed by atoms with Gasteiger partial charge in [0.1, 0.15) is 0 Å². The largest absolute Gasteiger partial charge is 0.549 e. The molecule has 130 valence electrons. The fourth-order valence-electron chi connectivity index (χ4n) is 3.16. The van der Waals surface area contributed by atoms with E-state index in [9.17, 15) is 14.7 Å². The molecule has 5 nitrogen and oxygen atoms in total. The second kappa shape index (κ2) is 7.66. The molecular formula is C21H17N2O3-. The van der Waals surface area contributed by atoms with Crippen molar-refractivity contribution in [3.05, 3.63) is 71.9 Å². The number of Topliss-reactive ketones (excluding diaryl/α,β-unsaturated/α-hetero) is 1. The van der Waals surface area contributed by atoms with E-state index in [0.717, 1.165) is 10.9 Å². The first-order valence-electron chi connectivity index (χ1n) is 8.35. The van der Waals surface area contributed by atoms with Gasteiger partial charge in [-0.05, 0) is 11.6 Å². The van der Waals surface area contributed by atoms with Gasteiger partial charge >= 0.3 is 0 Å². The van der Waals surface area contributed by atoms with Gasteiger partial charge in [-0.2, -0.15) is 5.26 Å². The average Bonchev–Trinajstić information content (AvgIpc) is 3.03. The van der Waals surface area contributed by atoms with Crippen LogP contribution in [-0.2, 0) is 11.3 Å². The van der Waals surface area contributed by atoms with Crippen LogP contribution in [-0.4, -0.2) is 16.3 Å². The normalized spacial score (nSPS) is 11.8. The van der Waals surface area contributed by atoms with Crippen LogP contribution in [0.5, 0.6) is 0 Å². The average molecular weight is 345 g/mol. The van der Waals surface area contributed by atoms with E-state index in [1.54, 1.807) is 36.5 Å². The molecule has 3 rings (SSSR count). The Kier molecular flexibility index (Phi) is 5.14. The van der Waals surface area contributed by atoms with Crippen molar-refractivity contribution in [3.8, 4) is 6.07 Å². The van der Waals surface area contributed by atoms with Crippen molar-refractivity contribution >= 4 is 22.7 Å². The number of ketones is 1. The number of para-hydroxylation sites is 1. The number of carbonyl (C=O) groups excluding carboxylic acids is 2. The summed E-state index contributed by atoms with van der Waals surface area (Å²) in [5, 5.41) is 21.4. The van der Waals surface area contributed by atoms with E-state index in [1.165, 1.54) is 0 Å². The molecule has 26 heavy (non-hydrogen) atoms. The maximum atomic E-state index is 12.5. The predicted octanol–water partition coefficient (Wildman–Crippen LogP) is 2.66. The Hall–Kier alpha value is -3.39. The van der Waals surface area contributed by atoms with Crippen LogP contribution in [0, 0.1) is 11.3 Å². The summed E-state index contributed by atoms with van der Waals surface area (Å²) in [4.78, 5) is 24.3. The number of nitriles is 1. The molecule has 0 spiro atoms. The molecule has 0 bridgehead atoms. The van der Waals surface area contributed by atoms with E-state index in [4.69, 9.17) is 5.26 Å². The van der Waals surface area contributed by atoms with Gasteiger partial charge in [0.2, 0.25) is 0 Å². The van der Waals surface area contributed by atoms with E-state index < -0.39 is 11.9 Å². The molecule has 0 saturated heterocycles. The Morgan fingerprint density at radius 1 is 1.08 bits per heavy atom. The molecule has 3 aromatic rings. The minimum Gasteiger partial charge on any atom is -0.549 e. The van der Waals surface area contributed by atoms with Crippen LogP contribution in [0.3, 0.4) is 0 Å². The summed E-state index contributed by atoms with van der Waals surface area (Å²) in [7, 11) is 0. The van der Waals surface area contributed by atoms with Gasteiger partial charge in [0, 0.05) is 47.5 Å². The number of carbonyl (C=O) groups is 2. The van der Waals surface area contributed by atoms with Gasteiger partial charge < -0.3 is 14.5 Å². The van der Waals surface area contributed by atoms with E-state index in [2.05, 4.69) is 6.07 Å². The zero-order chi connectivity index (χ0) is 18.5. The van der Waals surface area contributed by atoms with Crippen molar-refractivity contribution in [2.45, 2.75) is 25.3 Å². The molecule has 2 aromatic carbocycles. The minimum absolute atomic E-state index is 0.168. The molecule has 0 aliphatic rings. The molecule has 1 atom stereocenters. The van der Waals surface area contributed by atoms with E-state index >= 15 is 0 Å². The smallest absolute Gasteiger partial charge is 0.163 e. The third-order valence-corrected chi connectivity index (χ3v) is 4.43. The number of aliphatic carboxylic acids is 1. The molecule has 1 aromatic heterocycles. The van der Waals surface area contributed by atoms with Crippen LogP contribution in [0.2, 0.25) is 0 Å². The van der Waals surface area contributed by atoms with Crippen molar-refractivity contribution < 1.29 is 14.7 Å². The molecule has 0 unspecified atom stereocenters. The van der Waals surface area contributed by atoms with Crippen LogP contribution >= 0.6 is 0 Å². The molecule has 1 heterocycles. The zero-order valence-electron chi connectivity index (χ0n) is 14.1. The molecule has 0 aliphatic carbocycles. The Labute approximate surface area is 151 Å². The summed E-state index contributed by atoms with van der Waals surface area (Å²) in [6, 6.07) is 18.1. The number of aromatic nitrogens is 1. The van der Waals surface area contributed by atoms with Crippen LogP contribution in [0.25, 0.3) is 10.9 Å². The van der Waals surface area contributed by atoms with Gasteiger partial charge in [-0.15, -0.1) is 0 Å². The lowest BCUT2D eigenvalue weighted by molar-refractivity contribution is -0.307. The van der Waals surface area contributed by atoms with Crippen molar-refractivity contribution in [1.82, 2.24) is 4.57 Å². The fourth-order valence-corrected chi connectivity index (χ4v) is 3.16. The van der Waals surface area contributed by atoms with Crippen molar-refractivity contribution in [1.29, 1.82) is 5.26 Å². The van der Waals surface area contributed by atoms with E-state index in [1.807, 2.05) is 28.8 Å². The summed E-state index contributed by atoms with van der Waals surface area (Å²) in [6.45, 7) is 0.462. The standard InChI is InChI=1S/C21H18N2O3/c22-11-6-12-23-14-18(16-9-4-5-10-19(16)23)17(21(25)26)13-20(24)15-7-2-1-3-8-15/h1-5,7-10,14,17H,6,12-13H2,(H,25,26)/p-1/t17-/m1/s1. The lowest BCUT2D eigenvalue weighted by atomic mass is 9.91. The highest BCUT2D eigenvalue weighted by Gasteiger charge is 2.22. The number of benzene rings is 2. The maximum absolute atomic E-state index is 12.5. The van der Waals surface area contributed by atoms with Crippen LogP contribution in [0.1, 0.15) is 34.7 Å². The Balaban J connectivity index is 1.99. The summed E-state index contributed by atoms with van der Waals surface area (Å²) < 4.78 is 1.86. The number of rotatable bonds is 7. The van der Waals surface area contributed by atoms with Gasteiger partial charge in [-0.1, -0.05) is 48.5 Å². The van der Waals surface area contributed by atoms with Crippen molar-refractivity contribution in [2.75, 3.05) is 0 Å². The van der Waals surface area contributed by atoms with Gasteiger partial charge in [-0.3, -0.25) is 4.79 Å². The van der Waals surface area contributed by atoms with Crippen molar-refractivity contribution in [2.24, 2.45) is 0 Å². The summed E-state index contributed by atoms with van der Waals surface area (Å²) in [5.74, 6) is -2.57. The lowest BCUT2D eigenvalue weighted by Crippen LogP contribution is -2.31. The molecule has 0 fully saturated rings. The van der Waals surface area contributed by atoms with Gasteiger partial charge in [-0.25, -0.2) is 0 Å². The molecule has 0 N–H and O–H groups in total. The fraction of sp³-hybridized carbons (Fsp3) is 0.190. The quantitative estimate of drug-likeness (QED) is 0.616. The number of carboxylic acids is 1. The number of aryl methyl sites for hydroxylation is 1. The highest BCUT2D eigenvalue weighted by molar-refractivity contribution is 6.00. The SMILES string of the molecule is N#CCCn1cc([C@@H](CC(=O)c2ccccc2)C(=O)[O-])c2ccccc21. The molecule has 0 radical (unpaired) electrons.